The lowest BCUT2D eigenvalue weighted by molar-refractivity contribution is 0.836. The van der Waals surface area contributed by atoms with Crippen molar-refractivity contribution in [2.24, 2.45) is 0 Å². The van der Waals surface area contributed by atoms with Crippen LogP contribution in [0.15, 0.2) is 53.3 Å². The molecule has 0 aliphatic carbocycles. The van der Waals surface area contributed by atoms with Crippen LogP contribution in [-0.2, 0) is 0 Å². The van der Waals surface area contributed by atoms with Gasteiger partial charge < -0.3 is 0 Å². The van der Waals surface area contributed by atoms with E-state index in [9.17, 15) is 4.79 Å². The zero-order chi connectivity index (χ0) is 15.0. The van der Waals surface area contributed by atoms with Crippen molar-refractivity contribution in [1.29, 1.82) is 0 Å². The summed E-state index contributed by atoms with van der Waals surface area (Å²) >= 11 is 12.2. The summed E-state index contributed by atoms with van der Waals surface area (Å²) in [6.07, 6.45) is 0. The minimum absolute atomic E-state index is 0.150. The molecule has 2 aromatic carbocycles. The quantitative estimate of drug-likeness (QED) is 0.744. The van der Waals surface area contributed by atoms with Crippen LogP contribution in [0, 0.1) is 6.92 Å². The number of aromatic nitrogens is 2. The zero-order valence-corrected chi connectivity index (χ0v) is 12.7. The van der Waals surface area contributed by atoms with Gasteiger partial charge in [-0.1, -0.05) is 53.5 Å². The van der Waals surface area contributed by atoms with Crippen molar-refractivity contribution >= 4 is 23.2 Å². The molecule has 0 atom stereocenters. The van der Waals surface area contributed by atoms with Crippen molar-refractivity contribution in [2.45, 2.75) is 6.92 Å². The Morgan fingerprint density at radius 2 is 1.76 bits per heavy atom. The van der Waals surface area contributed by atoms with E-state index in [-0.39, 0.29) is 5.56 Å². The molecule has 106 valence electrons. The standard InChI is InChI=1S/C16H12Cl2N2O/c1-10-15(11-5-3-2-4-6-11)16(21)20(19-10)14-9-12(17)7-8-13(14)18/h2-9,19H,1H3. The average molecular weight is 319 g/mol. The largest absolute Gasteiger partial charge is 0.295 e. The molecule has 0 saturated heterocycles. The first-order valence-corrected chi connectivity index (χ1v) is 7.16. The van der Waals surface area contributed by atoms with Crippen molar-refractivity contribution in [2.75, 3.05) is 0 Å². The Labute approximate surface area is 131 Å². The SMILES string of the molecule is Cc1[nH]n(-c2cc(Cl)ccc2Cl)c(=O)c1-c1ccccc1. The topological polar surface area (TPSA) is 37.8 Å². The third kappa shape index (κ3) is 2.50. The van der Waals surface area contributed by atoms with Crippen molar-refractivity contribution in [1.82, 2.24) is 9.78 Å². The maximum Gasteiger partial charge on any atom is 0.279 e. The Hall–Kier alpha value is -1.97. The molecule has 0 fully saturated rings. The molecule has 3 aromatic rings. The highest BCUT2D eigenvalue weighted by molar-refractivity contribution is 6.34. The van der Waals surface area contributed by atoms with Gasteiger partial charge in [0.15, 0.2) is 0 Å². The third-order valence-corrected chi connectivity index (χ3v) is 3.84. The maximum atomic E-state index is 12.7. The number of nitrogens with zero attached hydrogens (tertiary/aromatic N) is 1. The lowest BCUT2D eigenvalue weighted by Gasteiger charge is -2.04. The molecule has 0 aliphatic rings. The Bertz CT molecular complexity index is 850. The summed E-state index contributed by atoms with van der Waals surface area (Å²) in [5.74, 6) is 0. The Kier molecular flexibility index (Phi) is 3.62. The predicted molar refractivity (Wildman–Crippen MR) is 86.6 cm³/mol. The fourth-order valence-corrected chi connectivity index (χ4v) is 2.69. The fourth-order valence-electron chi connectivity index (χ4n) is 2.32. The van der Waals surface area contributed by atoms with Gasteiger partial charge in [-0.05, 0) is 30.7 Å². The molecule has 3 rings (SSSR count). The van der Waals surface area contributed by atoms with Crippen molar-refractivity contribution in [3.8, 4) is 16.8 Å². The number of aryl methyl sites for hydroxylation is 1. The van der Waals surface area contributed by atoms with Crippen LogP contribution >= 0.6 is 23.2 Å². The van der Waals surface area contributed by atoms with Gasteiger partial charge in [0.25, 0.3) is 5.56 Å². The summed E-state index contributed by atoms with van der Waals surface area (Å²) in [7, 11) is 0. The second kappa shape index (κ2) is 5.43. The highest BCUT2D eigenvalue weighted by Crippen LogP contribution is 2.25. The monoisotopic (exact) mass is 318 g/mol. The number of H-pyrrole nitrogens is 1. The number of halogens is 2. The number of benzene rings is 2. The van der Waals surface area contributed by atoms with Gasteiger partial charge in [-0.3, -0.25) is 9.89 Å². The second-order valence-corrected chi connectivity index (χ2v) is 5.56. The zero-order valence-electron chi connectivity index (χ0n) is 11.2. The molecule has 0 radical (unpaired) electrons. The van der Waals surface area contributed by atoms with E-state index in [1.54, 1.807) is 18.2 Å². The molecule has 21 heavy (non-hydrogen) atoms. The summed E-state index contributed by atoms with van der Waals surface area (Å²) in [6.45, 7) is 1.86. The number of nitrogens with one attached hydrogen (secondary N) is 1. The molecular weight excluding hydrogens is 307 g/mol. The molecule has 0 bridgehead atoms. The lowest BCUT2D eigenvalue weighted by atomic mass is 10.1. The first-order valence-electron chi connectivity index (χ1n) is 6.40. The van der Waals surface area contributed by atoms with Crippen molar-refractivity contribution < 1.29 is 0 Å². The van der Waals surface area contributed by atoms with E-state index in [4.69, 9.17) is 23.2 Å². The molecule has 1 N–H and O–H groups in total. The molecule has 0 amide bonds. The number of rotatable bonds is 2. The van der Waals surface area contributed by atoms with Gasteiger partial charge in [0, 0.05) is 10.7 Å². The first-order chi connectivity index (χ1) is 10.1. The number of aromatic amines is 1. The maximum absolute atomic E-state index is 12.7. The second-order valence-electron chi connectivity index (χ2n) is 4.71. The summed E-state index contributed by atoms with van der Waals surface area (Å²) in [5.41, 5.74) is 2.67. The Morgan fingerprint density at radius 3 is 2.48 bits per heavy atom. The van der Waals surface area contributed by atoms with Crippen LogP contribution in [0.3, 0.4) is 0 Å². The van der Waals surface area contributed by atoms with E-state index >= 15 is 0 Å². The third-order valence-electron chi connectivity index (χ3n) is 3.28. The first kappa shape index (κ1) is 14.0. The van der Waals surface area contributed by atoms with Crippen LogP contribution in [0.2, 0.25) is 10.0 Å². The summed E-state index contributed by atoms with van der Waals surface area (Å²) in [5, 5.41) is 4.04. The van der Waals surface area contributed by atoms with E-state index in [2.05, 4.69) is 5.10 Å². The normalized spacial score (nSPS) is 10.8. The van der Waals surface area contributed by atoms with E-state index in [1.807, 2.05) is 37.3 Å². The number of hydrogen-bond donors (Lipinski definition) is 1. The Balaban J connectivity index is 2.24. The fraction of sp³-hybridized carbons (Fsp3) is 0.0625. The molecule has 0 saturated carbocycles. The lowest BCUT2D eigenvalue weighted by Crippen LogP contribution is -2.16. The predicted octanol–water partition coefficient (Wildman–Crippen LogP) is 4.45. The molecular formula is C16H12Cl2N2O. The van der Waals surface area contributed by atoms with Crippen LogP contribution < -0.4 is 5.56 Å². The van der Waals surface area contributed by atoms with Crippen LogP contribution in [-0.4, -0.2) is 9.78 Å². The van der Waals surface area contributed by atoms with Gasteiger partial charge in [-0.15, -0.1) is 0 Å². The summed E-state index contributed by atoms with van der Waals surface area (Å²) in [4.78, 5) is 12.7. The van der Waals surface area contributed by atoms with E-state index < -0.39 is 0 Å². The molecule has 3 nitrogen and oxygen atoms in total. The van der Waals surface area contributed by atoms with E-state index in [0.717, 1.165) is 11.3 Å². The number of hydrogen-bond acceptors (Lipinski definition) is 1. The van der Waals surface area contributed by atoms with Gasteiger partial charge in [0.2, 0.25) is 0 Å². The smallest absolute Gasteiger partial charge is 0.279 e. The van der Waals surface area contributed by atoms with Gasteiger partial charge >= 0.3 is 0 Å². The molecule has 1 heterocycles. The van der Waals surface area contributed by atoms with Gasteiger partial charge in [0.05, 0.1) is 16.3 Å². The average Bonchev–Trinajstić information content (AvgIpc) is 2.77. The minimum atomic E-state index is -0.150. The van der Waals surface area contributed by atoms with E-state index in [0.29, 0.717) is 21.3 Å². The van der Waals surface area contributed by atoms with Crippen LogP contribution in [0.25, 0.3) is 16.8 Å². The highest BCUT2D eigenvalue weighted by atomic mass is 35.5. The van der Waals surface area contributed by atoms with Crippen molar-refractivity contribution in [3.05, 3.63) is 74.6 Å². The van der Waals surface area contributed by atoms with Crippen LogP contribution in [0.1, 0.15) is 5.69 Å². The van der Waals surface area contributed by atoms with Crippen LogP contribution in [0.4, 0.5) is 0 Å². The summed E-state index contributed by atoms with van der Waals surface area (Å²) < 4.78 is 1.42. The molecule has 1 aromatic heterocycles. The van der Waals surface area contributed by atoms with Gasteiger partial charge in [-0.2, -0.15) is 0 Å². The van der Waals surface area contributed by atoms with Crippen LogP contribution in [0.5, 0.6) is 0 Å². The molecule has 0 unspecified atom stereocenters. The van der Waals surface area contributed by atoms with E-state index in [1.165, 1.54) is 4.68 Å². The molecule has 0 aliphatic heterocycles. The Morgan fingerprint density at radius 1 is 1.05 bits per heavy atom. The molecule has 5 heteroatoms. The summed E-state index contributed by atoms with van der Waals surface area (Å²) in [6, 6.07) is 14.5. The van der Waals surface area contributed by atoms with Gasteiger partial charge in [-0.25, -0.2) is 4.68 Å². The highest BCUT2D eigenvalue weighted by Gasteiger charge is 2.15. The minimum Gasteiger partial charge on any atom is -0.295 e. The van der Waals surface area contributed by atoms with Crippen molar-refractivity contribution in [3.63, 3.8) is 0 Å². The molecule has 0 spiro atoms. The van der Waals surface area contributed by atoms with Gasteiger partial charge in [0.1, 0.15) is 0 Å².